The summed E-state index contributed by atoms with van der Waals surface area (Å²) in [5.74, 6) is 1.06. The minimum absolute atomic E-state index is 0.423. The lowest BCUT2D eigenvalue weighted by atomic mass is 10.1. The van der Waals surface area contributed by atoms with Gasteiger partial charge in [-0.3, -0.25) is 0 Å². The molecule has 7 rings (SSSR count). The highest BCUT2D eigenvalue weighted by atomic mass is 32.4. The SMILES string of the molecule is Cc1cc(-c2nn(-c3ccccc3)c3c2P(=S)(N2CCN(C)CC2)OC(c2ccccc2)=N3)c(C)n1-c1cccc(C(F)(F)F)c1. The molecule has 1 unspecified atom stereocenters. The van der Waals surface area contributed by atoms with Crippen LogP contribution in [0, 0.1) is 13.8 Å². The van der Waals surface area contributed by atoms with Crippen molar-refractivity contribution in [3.8, 4) is 22.6 Å². The summed E-state index contributed by atoms with van der Waals surface area (Å²) < 4.78 is 53.9. The van der Waals surface area contributed by atoms with Gasteiger partial charge in [0, 0.05) is 54.4 Å². The molecular formula is C34H32F3N6OPS. The van der Waals surface area contributed by atoms with Crippen LogP contribution >= 0.6 is 6.42 Å². The van der Waals surface area contributed by atoms with Crippen LogP contribution in [-0.2, 0) is 22.5 Å². The molecule has 0 spiro atoms. The molecule has 0 bridgehead atoms. The molecule has 236 valence electrons. The highest BCUT2D eigenvalue weighted by Crippen LogP contribution is 2.58. The number of aromatic nitrogens is 3. The fraction of sp³-hybridized carbons (Fsp3) is 0.235. The zero-order chi connectivity index (χ0) is 32.2. The molecule has 2 aromatic heterocycles. The number of piperazine rings is 1. The average Bonchev–Trinajstić information content (AvgIpc) is 3.58. The Hall–Kier alpha value is -4.02. The molecule has 1 fully saturated rings. The highest BCUT2D eigenvalue weighted by molar-refractivity contribution is 8.15. The Morgan fingerprint density at radius 1 is 0.826 bits per heavy atom. The third-order valence-electron chi connectivity index (χ3n) is 8.53. The molecule has 7 nitrogen and oxygen atoms in total. The number of hydrogen-bond donors (Lipinski definition) is 0. The van der Waals surface area contributed by atoms with Crippen molar-refractivity contribution in [1.82, 2.24) is 23.9 Å². The molecule has 0 aliphatic carbocycles. The maximum atomic E-state index is 13.7. The molecule has 46 heavy (non-hydrogen) atoms. The summed E-state index contributed by atoms with van der Waals surface area (Å²) in [6.07, 6.45) is -7.45. The Bertz CT molecular complexity index is 2000. The van der Waals surface area contributed by atoms with Gasteiger partial charge < -0.3 is 14.0 Å². The molecule has 2 aliphatic heterocycles. The van der Waals surface area contributed by atoms with E-state index in [1.165, 1.54) is 12.1 Å². The smallest absolute Gasteiger partial charge is 0.416 e. The van der Waals surface area contributed by atoms with Crippen LogP contribution in [-0.4, -0.2) is 63.0 Å². The Morgan fingerprint density at radius 3 is 2.15 bits per heavy atom. The van der Waals surface area contributed by atoms with Gasteiger partial charge in [-0.15, -0.1) is 0 Å². The zero-order valence-electron chi connectivity index (χ0n) is 25.6. The van der Waals surface area contributed by atoms with E-state index in [0.717, 1.165) is 52.7 Å². The maximum absolute atomic E-state index is 13.7. The average molecular weight is 661 g/mol. The van der Waals surface area contributed by atoms with Crippen LogP contribution < -0.4 is 5.30 Å². The van der Waals surface area contributed by atoms with Crippen molar-refractivity contribution in [1.29, 1.82) is 0 Å². The number of fused-ring (bicyclic) bond motifs is 1. The number of aliphatic imine (C=N–C) groups is 1. The van der Waals surface area contributed by atoms with E-state index in [2.05, 4.69) is 16.6 Å². The van der Waals surface area contributed by atoms with Crippen molar-refractivity contribution < 1.29 is 17.7 Å². The van der Waals surface area contributed by atoms with Crippen molar-refractivity contribution in [2.75, 3.05) is 33.2 Å². The summed E-state index contributed by atoms with van der Waals surface area (Å²) in [5, 5.41) is 5.94. The number of halogens is 3. The first-order valence-electron chi connectivity index (χ1n) is 15.0. The van der Waals surface area contributed by atoms with Crippen LogP contribution in [0.5, 0.6) is 0 Å². The van der Waals surface area contributed by atoms with Crippen molar-refractivity contribution in [3.63, 3.8) is 0 Å². The molecule has 2 aliphatic rings. The normalized spacial score (nSPS) is 19.0. The number of hydrogen-bond acceptors (Lipinski definition) is 5. The van der Waals surface area contributed by atoms with Gasteiger partial charge in [0.15, 0.2) is 5.82 Å². The molecule has 0 radical (unpaired) electrons. The van der Waals surface area contributed by atoms with E-state index in [-0.39, 0.29) is 0 Å². The first kappa shape index (κ1) is 30.6. The van der Waals surface area contributed by atoms with Crippen molar-refractivity contribution in [2.45, 2.75) is 20.0 Å². The third-order valence-corrected chi connectivity index (χ3v) is 12.5. The Balaban J connectivity index is 1.49. The molecule has 1 atom stereocenters. The van der Waals surface area contributed by atoms with Crippen LogP contribution in [0.15, 0.2) is 96.0 Å². The molecule has 1 saturated heterocycles. The Labute approximate surface area is 270 Å². The number of likely N-dealkylation sites (N-methyl/N-ethyl adjacent to an activating group) is 1. The van der Waals surface area contributed by atoms with E-state index in [9.17, 15) is 13.2 Å². The third kappa shape index (κ3) is 5.31. The van der Waals surface area contributed by atoms with E-state index in [0.29, 0.717) is 36.2 Å². The Morgan fingerprint density at radius 2 is 1.48 bits per heavy atom. The summed E-state index contributed by atoms with van der Waals surface area (Å²) >= 11 is 6.66. The maximum Gasteiger partial charge on any atom is 0.416 e. The number of rotatable bonds is 5. The van der Waals surface area contributed by atoms with Gasteiger partial charge in [-0.2, -0.15) is 23.3 Å². The largest absolute Gasteiger partial charge is 0.431 e. The molecular weight excluding hydrogens is 628 g/mol. The molecule has 3 aromatic carbocycles. The molecule has 5 aromatic rings. The topological polar surface area (TPSA) is 50.8 Å². The first-order valence-corrected chi connectivity index (χ1v) is 17.7. The number of para-hydroxylation sites is 1. The van der Waals surface area contributed by atoms with Crippen molar-refractivity contribution >= 4 is 35.2 Å². The predicted octanol–water partition coefficient (Wildman–Crippen LogP) is 7.26. The quantitative estimate of drug-likeness (QED) is 0.186. The lowest BCUT2D eigenvalue weighted by Gasteiger charge is -2.41. The fourth-order valence-corrected chi connectivity index (χ4v) is 9.76. The highest BCUT2D eigenvalue weighted by Gasteiger charge is 2.44. The molecule has 0 saturated carbocycles. The molecule has 12 heteroatoms. The first-order chi connectivity index (χ1) is 22.0. The second kappa shape index (κ2) is 11.7. The van der Waals surface area contributed by atoms with Gasteiger partial charge in [0.1, 0.15) is 11.0 Å². The van der Waals surface area contributed by atoms with Gasteiger partial charge in [0.2, 0.25) is 12.3 Å². The number of alkyl halides is 3. The molecule has 0 amide bonds. The van der Waals surface area contributed by atoms with Crippen LogP contribution in [0.2, 0.25) is 0 Å². The van der Waals surface area contributed by atoms with Gasteiger partial charge in [0.25, 0.3) is 0 Å². The summed E-state index contributed by atoms with van der Waals surface area (Å²) in [7, 11) is 2.09. The van der Waals surface area contributed by atoms with Gasteiger partial charge in [0.05, 0.1) is 11.3 Å². The minimum Gasteiger partial charge on any atom is -0.431 e. The lowest BCUT2D eigenvalue weighted by molar-refractivity contribution is -0.137. The van der Waals surface area contributed by atoms with Crippen LogP contribution in [0.4, 0.5) is 19.0 Å². The van der Waals surface area contributed by atoms with Crippen LogP contribution in [0.3, 0.4) is 0 Å². The zero-order valence-corrected chi connectivity index (χ0v) is 27.3. The fourth-order valence-electron chi connectivity index (χ4n) is 6.15. The predicted molar refractivity (Wildman–Crippen MR) is 180 cm³/mol. The van der Waals surface area contributed by atoms with Crippen molar-refractivity contribution in [2.24, 2.45) is 4.99 Å². The number of aryl methyl sites for hydroxylation is 1. The van der Waals surface area contributed by atoms with Crippen molar-refractivity contribution in [3.05, 3.63) is 114 Å². The molecule has 0 N–H and O–H groups in total. The van der Waals surface area contributed by atoms with E-state index >= 15 is 0 Å². The van der Waals surface area contributed by atoms with Crippen LogP contribution in [0.1, 0.15) is 22.5 Å². The summed E-state index contributed by atoms with van der Waals surface area (Å²) in [5.41, 5.74) is 4.27. The number of nitrogens with zero attached hydrogens (tertiary/aromatic N) is 6. The van der Waals surface area contributed by atoms with E-state index in [1.54, 1.807) is 6.07 Å². The second-order valence-electron chi connectivity index (χ2n) is 11.6. The minimum atomic E-state index is -4.46. The van der Waals surface area contributed by atoms with Gasteiger partial charge in [-0.25, -0.2) is 9.35 Å². The standard InChI is InChI=1S/C34H32F3N6OPS/c1-23-21-29(24(2)42(23)28-16-10-13-26(22-28)34(35,36)37)30-31-32(43(39-30)27-14-8-5-9-15-27)38-33(25-11-6-4-7-12-25)44-45(31,46)41-19-17-40(3)18-20-41/h4-16,21-22H,17-20H2,1-3H3. The number of benzene rings is 3. The van der Waals surface area contributed by atoms with E-state index in [1.807, 2.05) is 89.8 Å². The lowest BCUT2D eigenvalue weighted by Crippen LogP contribution is -2.45. The Kier molecular flexibility index (Phi) is 7.76. The molecule has 4 heterocycles. The van der Waals surface area contributed by atoms with Crippen LogP contribution in [0.25, 0.3) is 22.6 Å². The second-order valence-corrected chi connectivity index (χ2v) is 15.3. The van der Waals surface area contributed by atoms with E-state index < -0.39 is 18.2 Å². The van der Waals surface area contributed by atoms with Gasteiger partial charge in [-0.1, -0.05) is 42.5 Å². The summed E-state index contributed by atoms with van der Waals surface area (Å²) in [6, 6.07) is 26.9. The van der Waals surface area contributed by atoms with E-state index in [4.69, 9.17) is 26.4 Å². The monoisotopic (exact) mass is 660 g/mol. The van der Waals surface area contributed by atoms with Gasteiger partial charge >= 0.3 is 6.18 Å². The van der Waals surface area contributed by atoms with Gasteiger partial charge in [-0.05, 0) is 81.2 Å². The summed E-state index contributed by atoms with van der Waals surface area (Å²) in [6.45, 7) is 6.89. The summed E-state index contributed by atoms with van der Waals surface area (Å²) in [4.78, 5) is 7.36.